The highest BCUT2D eigenvalue weighted by atomic mass is 35.5. The van der Waals surface area contributed by atoms with E-state index in [2.05, 4.69) is 24.4 Å². The molecular weight excluding hydrogens is 176 g/mol. The van der Waals surface area contributed by atoms with Crippen LogP contribution in [-0.2, 0) is 0 Å². The van der Waals surface area contributed by atoms with Crippen LogP contribution in [0.4, 0.5) is 0 Å². The lowest BCUT2D eigenvalue weighted by molar-refractivity contribution is -0.0498. The quantitative estimate of drug-likeness (QED) is 0.674. The molecule has 0 amide bonds. The average Bonchev–Trinajstić information content (AvgIpc) is 2.07. The molecule has 12 heavy (non-hydrogen) atoms. The van der Waals surface area contributed by atoms with Gasteiger partial charge in [0.25, 0.3) is 0 Å². The fraction of sp³-hybridized carbons (Fsp3) is 0.571. The number of hydrogen-bond acceptors (Lipinski definition) is 4. The van der Waals surface area contributed by atoms with Crippen molar-refractivity contribution in [3.8, 4) is 0 Å². The fourth-order valence-electron chi connectivity index (χ4n) is 0.959. The number of hydrogen-bond donors (Lipinski definition) is 1. The highest BCUT2D eigenvalue weighted by Crippen LogP contribution is 2.04. The number of rotatable bonds is 3. The van der Waals surface area contributed by atoms with Gasteiger partial charge in [-0.3, -0.25) is 5.43 Å². The Kier molecular flexibility index (Phi) is 3.37. The largest absolute Gasteiger partial charge is 0.256 e. The van der Waals surface area contributed by atoms with Crippen molar-refractivity contribution in [2.24, 2.45) is 5.10 Å². The van der Waals surface area contributed by atoms with Gasteiger partial charge in [0.15, 0.2) is 0 Å². The van der Waals surface area contributed by atoms with Gasteiger partial charge in [0, 0.05) is 13.1 Å². The lowest BCUT2D eigenvalue weighted by Gasteiger charge is -2.31. The van der Waals surface area contributed by atoms with Crippen LogP contribution in [0.15, 0.2) is 16.3 Å². The Morgan fingerprint density at radius 1 is 1.58 bits per heavy atom. The smallest absolute Gasteiger partial charge is 0.125 e. The van der Waals surface area contributed by atoms with Crippen LogP contribution in [0.2, 0.25) is 0 Å². The van der Waals surface area contributed by atoms with Gasteiger partial charge in [-0.05, 0) is 6.08 Å². The minimum absolute atomic E-state index is 0.580. The van der Waals surface area contributed by atoms with E-state index in [4.69, 9.17) is 11.6 Å². The Morgan fingerprint density at radius 2 is 2.25 bits per heavy atom. The molecule has 1 N–H and O–H groups in total. The van der Waals surface area contributed by atoms with Crippen LogP contribution in [0.5, 0.6) is 0 Å². The normalized spacial score (nSPS) is 16.3. The molecule has 0 bridgehead atoms. The van der Waals surface area contributed by atoms with E-state index < -0.39 is 0 Å². The molecule has 0 unspecified atom stereocenters. The number of allylic oxidation sites excluding steroid dienone is 1. The Balaban J connectivity index is 2.54. The summed E-state index contributed by atoms with van der Waals surface area (Å²) in [6.07, 6.45) is 3.37. The molecular formula is C7H13ClN4. The van der Waals surface area contributed by atoms with Crippen molar-refractivity contribution < 1.29 is 0 Å². The van der Waals surface area contributed by atoms with E-state index in [1.807, 2.05) is 5.01 Å². The number of hydrazine groups is 2. The molecule has 1 aliphatic heterocycles. The standard InChI is InChI=1S/C7H13ClN4/c1-3-11(4-2)12-9-6-5-7(8)10-12/h5-6,10H,3-4H2,1-2H3. The Hall–Kier alpha value is -0.740. The first kappa shape index (κ1) is 9.35. The molecule has 0 saturated heterocycles. The summed E-state index contributed by atoms with van der Waals surface area (Å²) in [5.41, 5.74) is 2.91. The van der Waals surface area contributed by atoms with Gasteiger partial charge < -0.3 is 0 Å². The molecule has 0 aromatic carbocycles. The van der Waals surface area contributed by atoms with Crippen LogP contribution < -0.4 is 5.43 Å². The van der Waals surface area contributed by atoms with Gasteiger partial charge in [-0.25, -0.2) is 0 Å². The lowest BCUT2D eigenvalue weighted by atomic mass is 10.6. The number of hydrazone groups is 1. The van der Waals surface area contributed by atoms with Crippen LogP contribution in [0, 0.1) is 0 Å². The third-order valence-corrected chi connectivity index (χ3v) is 1.81. The van der Waals surface area contributed by atoms with E-state index in [0.717, 1.165) is 13.1 Å². The monoisotopic (exact) mass is 188 g/mol. The fourth-order valence-corrected chi connectivity index (χ4v) is 1.09. The van der Waals surface area contributed by atoms with Crippen LogP contribution >= 0.6 is 11.6 Å². The molecule has 0 atom stereocenters. The minimum Gasteiger partial charge on any atom is -0.256 e. The van der Waals surface area contributed by atoms with E-state index >= 15 is 0 Å². The van der Waals surface area contributed by atoms with E-state index in [1.165, 1.54) is 0 Å². The van der Waals surface area contributed by atoms with Crippen LogP contribution in [0.3, 0.4) is 0 Å². The first-order chi connectivity index (χ1) is 5.77. The maximum atomic E-state index is 5.76. The summed E-state index contributed by atoms with van der Waals surface area (Å²) in [6.45, 7) is 5.91. The van der Waals surface area contributed by atoms with E-state index in [0.29, 0.717) is 5.16 Å². The summed E-state index contributed by atoms with van der Waals surface area (Å²) in [5.74, 6) is 0. The second-order valence-corrected chi connectivity index (χ2v) is 2.73. The highest BCUT2D eigenvalue weighted by molar-refractivity contribution is 6.30. The molecule has 0 aliphatic carbocycles. The topological polar surface area (TPSA) is 30.9 Å². The average molecular weight is 189 g/mol. The van der Waals surface area contributed by atoms with Crippen molar-refractivity contribution in [3.05, 3.63) is 11.2 Å². The summed E-state index contributed by atoms with van der Waals surface area (Å²) >= 11 is 5.76. The Labute approximate surface area is 77.4 Å². The summed E-state index contributed by atoms with van der Waals surface area (Å²) in [4.78, 5) is 0. The summed E-state index contributed by atoms with van der Waals surface area (Å²) in [6, 6.07) is 0. The second-order valence-electron chi connectivity index (χ2n) is 2.32. The SMILES string of the molecule is CCN(CC)N1N=CC=C(Cl)N1. The van der Waals surface area contributed by atoms with Crippen molar-refractivity contribution >= 4 is 17.8 Å². The zero-order valence-electron chi connectivity index (χ0n) is 7.29. The van der Waals surface area contributed by atoms with Gasteiger partial charge in [-0.2, -0.15) is 5.01 Å². The molecule has 5 heteroatoms. The van der Waals surface area contributed by atoms with Gasteiger partial charge in [0.2, 0.25) is 0 Å². The van der Waals surface area contributed by atoms with Crippen molar-refractivity contribution in [1.82, 2.24) is 15.7 Å². The second kappa shape index (κ2) is 4.33. The summed E-state index contributed by atoms with van der Waals surface area (Å²) in [7, 11) is 0. The molecule has 4 nitrogen and oxygen atoms in total. The zero-order valence-corrected chi connectivity index (χ0v) is 8.04. The maximum Gasteiger partial charge on any atom is 0.125 e. The number of nitrogens with zero attached hydrogens (tertiary/aromatic N) is 3. The van der Waals surface area contributed by atoms with Gasteiger partial charge >= 0.3 is 0 Å². The first-order valence-corrected chi connectivity index (χ1v) is 4.37. The Morgan fingerprint density at radius 3 is 2.75 bits per heavy atom. The van der Waals surface area contributed by atoms with E-state index in [1.54, 1.807) is 17.5 Å². The third kappa shape index (κ3) is 2.12. The third-order valence-electron chi connectivity index (χ3n) is 1.60. The Bertz CT molecular complexity index is 198. The van der Waals surface area contributed by atoms with Crippen LogP contribution in [0.1, 0.15) is 13.8 Å². The molecule has 1 rings (SSSR count). The number of nitrogens with one attached hydrogen (secondary N) is 1. The zero-order chi connectivity index (χ0) is 8.97. The minimum atomic E-state index is 0.580. The van der Waals surface area contributed by atoms with Crippen molar-refractivity contribution in [3.63, 3.8) is 0 Å². The van der Waals surface area contributed by atoms with Crippen LogP contribution in [-0.4, -0.2) is 29.5 Å². The molecule has 0 aromatic rings. The molecule has 0 radical (unpaired) electrons. The van der Waals surface area contributed by atoms with Crippen LogP contribution in [0.25, 0.3) is 0 Å². The first-order valence-electron chi connectivity index (χ1n) is 3.99. The van der Waals surface area contributed by atoms with Gasteiger partial charge in [-0.1, -0.05) is 25.4 Å². The molecule has 0 fully saturated rings. The van der Waals surface area contributed by atoms with E-state index in [-0.39, 0.29) is 0 Å². The molecule has 0 saturated carbocycles. The summed E-state index contributed by atoms with van der Waals surface area (Å²) < 4.78 is 0. The predicted molar refractivity (Wildman–Crippen MR) is 50.3 cm³/mol. The van der Waals surface area contributed by atoms with Gasteiger partial charge in [-0.15, -0.1) is 10.3 Å². The predicted octanol–water partition coefficient (Wildman–Crippen LogP) is 1.13. The number of halogens is 1. The molecule has 1 aliphatic rings. The molecule has 0 spiro atoms. The van der Waals surface area contributed by atoms with Crippen molar-refractivity contribution in [2.45, 2.75) is 13.8 Å². The molecule has 0 aromatic heterocycles. The van der Waals surface area contributed by atoms with Gasteiger partial charge in [0.1, 0.15) is 5.16 Å². The molecule has 1 heterocycles. The van der Waals surface area contributed by atoms with Crippen molar-refractivity contribution in [2.75, 3.05) is 13.1 Å². The highest BCUT2D eigenvalue weighted by Gasteiger charge is 2.11. The van der Waals surface area contributed by atoms with E-state index in [9.17, 15) is 0 Å². The summed E-state index contributed by atoms with van der Waals surface area (Å²) in [5, 5.41) is 8.33. The van der Waals surface area contributed by atoms with Crippen molar-refractivity contribution in [1.29, 1.82) is 0 Å². The van der Waals surface area contributed by atoms with Gasteiger partial charge in [0.05, 0.1) is 6.21 Å². The molecule has 68 valence electrons. The lowest BCUT2D eigenvalue weighted by Crippen LogP contribution is -2.47. The maximum absolute atomic E-state index is 5.76.